The Balaban J connectivity index is 1.58. The molecule has 5 nitrogen and oxygen atoms in total. The van der Waals surface area contributed by atoms with Gasteiger partial charge in [-0.15, -0.1) is 0 Å². The number of likely N-dealkylation sites (N-methyl/N-ethyl adjacent to an activating group) is 1. The highest BCUT2D eigenvalue weighted by Gasteiger charge is 2.30. The smallest absolute Gasteiger partial charge is 0.417 e. The maximum Gasteiger partial charge on any atom is 0.417 e. The first-order valence-corrected chi connectivity index (χ1v) is 9.66. The van der Waals surface area contributed by atoms with Crippen LogP contribution in [0.2, 0.25) is 5.02 Å². The number of hydrogen-bond acceptors (Lipinski definition) is 5. The fourth-order valence-electron chi connectivity index (χ4n) is 2.76. The molecular formula is C21H20ClF3N4O. The van der Waals surface area contributed by atoms with Gasteiger partial charge in [0.25, 0.3) is 0 Å². The molecule has 0 spiro atoms. The van der Waals surface area contributed by atoms with Crippen LogP contribution in [0, 0.1) is 0 Å². The number of ether oxygens (including phenoxy) is 1. The number of rotatable bonds is 7. The maximum atomic E-state index is 12.6. The van der Waals surface area contributed by atoms with Gasteiger partial charge in [-0.25, -0.2) is 15.0 Å². The van der Waals surface area contributed by atoms with E-state index < -0.39 is 11.7 Å². The maximum absolute atomic E-state index is 12.6. The van der Waals surface area contributed by atoms with Gasteiger partial charge in [0.1, 0.15) is 17.1 Å². The van der Waals surface area contributed by atoms with Gasteiger partial charge in [-0.05, 0) is 36.6 Å². The van der Waals surface area contributed by atoms with Crippen molar-refractivity contribution < 1.29 is 17.9 Å². The number of benzene rings is 1. The van der Waals surface area contributed by atoms with E-state index in [1.165, 1.54) is 12.4 Å². The minimum absolute atomic E-state index is 0.0978. The predicted octanol–water partition coefficient (Wildman–Crippen LogP) is 5.58. The van der Waals surface area contributed by atoms with E-state index in [0.717, 1.165) is 36.4 Å². The van der Waals surface area contributed by atoms with Gasteiger partial charge in [-0.2, -0.15) is 13.2 Å². The largest absolute Gasteiger partial charge is 0.439 e. The number of nitrogens with zero attached hydrogens (tertiary/aromatic N) is 4. The van der Waals surface area contributed by atoms with Crippen LogP contribution in [0.5, 0.6) is 11.6 Å². The zero-order valence-electron chi connectivity index (χ0n) is 16.4. The highest BCUT2D eigenvalue weighted by molar-refractivity contribution is 6.33. The summed E-state index contributed by atoms with van der Waals surface area (Å²) in [6.07, 6.45) is -0.678. The summed E-state index contributed by atoms with van der Waals surface area (Å²) in [7, 11) is 1.92. The fourth-order valence-corrected chi connectivity index (χ4v) is 3.14. The Hall–Kier alpha value is -2.87. The number of anilines is 1. The molecule has 2 aromatic heterocycles. The number of alkyl halides is 3. The Morgan fingerprint density at radius 3 is 2.37 bits per heavy atom. The quantitative estimate of drug-likeness (QED) is 0.484. The molecule has 0 N–H and O–H groups in total. The van der Waals surface area contributed by atoms with Crippen molar-refractivity contribution in [3.63, 3.8) is 0 Å². The van der Waals surface area contributed by atoms with Gasteiger partial charge in [0.05, 0.1) is 11.3 Å². The molecule has 30 heavy (non-hydrogen) atoms. The SMILES string of the molecule is CCc1ncnc(N(C)CCc2ccc(Oc3ccc(C(F)(F)F)cn3)cc2)c1Cl. The van der Waals surface area contributed by atoms with E-state index in [-0.39, 0.29) is 5.88 Å². The molecule has 2 heterocycles. The average molecular weight is 437 g/mol. The summed E-state index contributed by atoms with van der Waals surface area (Å²) in [6.45, 7) is 2.68. The molecule has 0 atom stereocenters. The van der Waals surface area contributed by atoms with E-state index in [1.807, 2.05) is 31.0 Å². The van der Waals surface area contributed by atoms with Crippen molar-refractivity contribution in [2.75, 3.05) is 18.5 Å². The number of pyridine rings is 1. The molecule has 0 fully saturated rings. The second-order valence-electron chi connectivity index (χ2n) is 6.61. The molecule has 158 valence electrons. The summed E-state index contributed by atoms with van der Waals surface area (Å²) in [5.41, 5.74) is 1.06. The van der Waals surface area contributed by atoms with Crippen LogP contribution in [0.15, 0.2) is 48.9 Å². The van der Waals surface area contributed by atoms with Crippen LogP contribution in [-0.2, 0) is 19.0 Å². The highest BCUT2D eigenvalue weighted by atomic mass is 35.5. The van der Waals surface area contributed by atoms with Gasteiger partial charge in [-0.3, -0.25) is 0 Å². The molecule has 0 aliphatic heterocycles. The third-order valence-corrected chi connectivity index (χ3v) is 4.87. The zero-order valence-corrected chi connectivity index (χ0v) is 17.2. The first-order valence-electron chi connectivity index (χ1n) is 9.28. The normalized spacial score (nSPS) is 11.4. The first-order chi connectivity index (χ1) is 14.3. The van der Waals surface area contributed by atoms with Crippen LogP contribution >= 0.6 is 11.6 Å². The van der Waals surface area contributed by atoms with Gasteiger partial charge in [-0.1, -0.05) is 30.7 Å². The molecular weight excluding hydrogens is 417 g/mol. The molecule has 9 heteroatoms. The third-order valence-electron chi connectivity index (χ3n) is 4.49. The Kier molecular flexibility index (Phi) is 6.77. The standard InChI is InChI=1S/C21H20ClF3N4O/c1-3-17-19(22)20(28-13-27-17)29(2)11-10-14-4-7-16(8-5-14)30-18-9-6-15(12-26-18)21(23,24)25/h4-9,12-13H,3,10-11H2,1-2H3. The van der Waals surface area contributed by atoms with E-state index in [2.05, 4.69) is 15.0 Å². The summed E-state index contributed by atoms with van der Waals surface area (Å²) in [5, 5.41) is 0.565. The second-order valence-corrected chi connectivity index (χ2v) is 6.99. The van der Waals surface area contributed by atoms with Gasteiger partial charge >= 0.3 is 6.18 Å². The van der Waals surface area contributed by atoms with Gasteiger partial charge in [0.2, 0.25) is 5.88 Å². The Morgan fingerprint density at radius 1 is 1.03 bits per heavy atom. The van der Waals surface area contributed by atoms with E-state index >= 15 is 0 Å². The van der Waals surface area contributed by atoms with Gasteiger partial charge in [0, 0.05) is 25.9 Å². The third kappa shape index (κ3) is 5.38. The van der Waals surface area contributed by atoms with Crippen molar-refractivity contribution >= 4 is 17.4 Å². The Morgan fingerprint density at radius 2 is 1.77 bits per heavy atom. The van der Waals surface area contributed by atoms with Crippen molar-refractivity contribution in [3.05, 3.63) is 70.8 Å². The summed E-state index contributed by atoms with van der Waals surface area (Å²) in [4.78, 5) is 14.1. The lowest BCUT2D eigenvalue weighted by Gasteiger charge is -2.20. The topological polar surface area (TPSA) is 51.1 Å². The lowest BCUT2D eigenvalue weighted by atomic mass is 10.1. The zero-order chi connectivity index (χ0) is 21.7. The van der Waals surface area contributed by atoms with Crippen molar-refractivity contribution in [3.8, 4) is 11.6 Å². The highest BCUT2D eigenvalue weighted by Crippen LogP contribution is 2.30. The first kappa shape index (κ1) is 21.8. The second kappa shape index (κ2) is 9.30. The fraction of sp³-hybridized carbons (Fsp3) is 0.286. The van der Waals surface area contributed by atoms with Crippen LogP contribution in [0.3, 0.4) is 0 Å². The van der Waals surface area contributed by atoms with Crippen LogP contribution in [0.4, 0.5) is 19.0 Å². The molecule has 0 saturated heterocycles. The van der Waals surface area contributed by atoms with E-state index in [9.17, 15) is 13.2 Å². The van der Waals surface area contributed by atoms with Crippen LogP contribution < -0.4 is 9.64 Å². The predicted molar refractivity (Wildman–Crippen MR) is 109 cm³/mol. The number of aryl methyl sites for hydroxylation is 1. The monoisotopic (exact) mass is 436 g/mol. The summed E-state index contributed by atoms with van der Waals surface area (Å²) >= 11 is 6.37. The Labute approximate surface area is 177 Å². The van der Waals surface area contributed by atoms with Crippen molar-refractivity contribution in [1.29, 1.82) is 0 Å². The van der Waals surface area contributed by atoms with Gasteiger partial charge < -0.3 is 9.64 Å². The number of aromatic nitrogens is 3. The minimum Gasteiger partial charge on any atom is -0.439 e. The lowest BCUT2D eigenvalue weighted by Crippen LogP contribution is -2.22. The average Bonchev–Trinajstić information content (AvgIpc) is 2.73. The molecule has 0 bridgehead atoms. The molecule has 0 unspecified atom stereocenters. The van der Waals surface area contributed by atoms with Crippen molar-refractivity contribution in [1.82, 2.24) is 15.0 Å². The number of halogens is 4. The summed E-state index contributed by atoms with van der Waals surface area (Å²) < 4.78 is 43.3. The molecule has 3 rings (SSSR count). The molecule has 3 aromatic rings. The molecule has 1 aromatic carbocycles. The van der Waals surface area contributed by atoms with E-state index in [1.54, 1.807) is 12.1 Å². The Bertz CT molecular complexity index is 979. The van der Waals surface area contributed by atoms with E-state index in [4.69, 9.17) is 16.3 Å². The van der Waals surface area contributed by atoms with Crippen LogP contribution in [0.1, 0.15) is 23.7 Å². The van der Waals surface area contributed by atoms with Crippen molar-refractivity contribution in [2.24, 2.45) is 0 Å². The molecule has 0 amide bonds. The lowest BCUT2D eigenvalue weighted by molar-refractivity contribution is -0.137. The molecule has 0 radical (unpaired) electrons. The van der Waals surface area contributed by atoms with Gasteiger partial charge in [0.15, 0.2) is 5.82 Å². The van der Waals surface area contributed by atoms with Crippen molar-refractivity contribution in [2.45, 2.75) is 25.9 Å². The number of hydrogen-bond donors (Lipinski definition) is 0. The minimum atomic E-state index is -4.42. The molecule has 0 aliphatic rings. The molecule has 0 aliphatic carbocycles. The summed E-state index contributed by atoms with van der Waals surface area (Å²) in [5.74, 6) is 1.28. The molecule has 0 saturated carbocycles. The van der Waals surface area contributed by atoms with Crippen LogP contribution in [0.25, 0.3) is 0 Å². The summed E-state index contributed by atoms with van der Waals surface area (Å²) in [6, 6.07) is 9.43. The van der Waals surface area contributed by atoms with Crippen LogP contribution in [-0.4, -0.2) is 28.5 Å². The van der Waals surface area contributed by atoms with E-state index in [0.29, 0.717) is 23.1 Å².